The first kappa shape index (κ1) is 23.5. The molecule has 0 aliphatic carbocycles. The van der Waals surface area contributed by atoms with Gasteiger partial charge >= 0.3 is 0 Å². The Hall–Kier alpha value is -3.20. The number of nitrogens with one attached hydrogen (secondary N) is 2. The molecular formula is C23H31FN6O2. The van der Waals surface area contributed by atoms with Gasteiger partial charge in [0.1, 0.15) is 29.6 Å². The lowest BCUT2D eigenvalue weighted by Gasteiger charge is -2.12. The number of nitrogens with zero attached hydrogens (tertiary/aromatic N) is 4. The fourth-order valence-corrected chi connectivity index (χ4v) is 3.44. The number of hydrogen-bond donors (Lipinski definition) is 2. The number of carbonyl (C=O) groups excluding carboxylic acids is 1. The zero-order chi connectivity index (χ0) is 22.9. The molecule has 32 heavy (non-hydrogen) atoms. The highest BCUT2D eigenvalue weighted by atomic mass is 19.1. The van der Waals surface area contributed by atoms with Crippen LogP contribution in [0.3, 0.4) is 0 Å². The number of ether oxygens (including phenoxy) is 1. The van der Waals surface area contributed by atoms with Crippen molar-refractivity contribution in [1.29, 1.82) is 0 Å². The molecule has 172 valence electrons. The smallest absolute Gasteiger partial charge is 0.256 e. The number of likely N-dealkylation sites (tertiary alicyclic amines) is 1. The molecule has 3 aromatic rings. The molecule has 2 bridgehead atoms. The van der Waals surface area contributed by atoms with E-state index in [1.54, 1.807) is 18.3 Å². The van der Waals surface area contributed by atoms with E-state index in [0.29, 0.717) is 41.4 Å². The van der Waals surface area contributed by atoms with Gasteiger partial charge in [0, 0.05) is 18.3 Å². The molecule has 1 saturated heterocycles. The SMILES string of the molecule is CC.CN1CCCC1.O=C1NCCOc2ccc(F)cc2CNc2ccn3ncc1c3n2. The van der Waals surface area contributed by atoms with E-state index in [0.717, 1.165) is 0 Å². The Kier molecular flexibility index (Phi) is 8.38. The van der Waals surface area contributed by atoms with Gasteiger partial charge in [-0.15, -0.1) is 0 Å². The van der Waals surface area contributed by atoms with Gasteiger partial charge in [-0.3, -0.25) is 4.79 Å². The first-order valence-corrected chi connectivity index (χ1v) is 11.1. The molecule has 4 heterocycles. The summed E-state index contributed by atoms with van der Waals surface area (Å²) in [6.07, 6.45) is 6.02. The van der Waals surface area contributed by atoms with Gasteiger partial charge < -0.3 is 20.3 Å². The largest absolute Gasteiger partial charge is 0.491 e. The van der Waals surface area contributed by atoms with E-state index in [1.807, 2.05) is 13.8 Å². The highest BCUT2D eigenvalue weighted by Crippen LogP contribution is 2.21. The van der Waals surface area contributed by atoms with Gasteiger partial charge in [-0.2, -0.15) is 5.10 Å². The molecular weight excluding hydrogens is 411 g/mol. The minimum Gasteiger partial charge on any atom is -0.491 e. The maximum Gasteiger partial charge on any atom is 0.256 e. The van der Waals surface area contributed by atoms with Crippen LogP contribution < -0.4 is 15.4 Å². The molecule has 9 heteroatoms. The number of anilines is 1. The van der Waals surface area contributed by atoms with Gasteiger partial charge in [0.05, 0.1) is 12.7 Å². The van der Waals surface area contributed by atoms with Crippen LogP contribution in [-0.2, 0) is 6.54 Å². The lowest BCUT2D eigenvalue weighted by Crippen LogP contribution is -2.28. The summed E-state index contributed by atoms with van der Waals surface area (Å²) in [6, 6.07) is 6.08. The third kappa shape index (κ3) is 5.94. The van der Waals surface area contributed by atoms with E-state index in [1.165, 1.54) is 48.8 Å². The van der Waals surface area contributed by atoms with Gasteiger partial charge in [0.2, 0.25) is 0 Å². The molecule has 0 atom stereocenters. The second-order valence-electron chi connectivity index (χ2n) is 7.36. The van der Waals surface area contributed by atoms with Gasteiger partial charge in [0.25, 0.3) is 5.91 Å². The quantitative estimate of drug-likeness (QED) is 0.556. The van der Waals surface area contributed by atoms with Gasteiger partial charge in [-0.05, 0) is 57.2 Å². The van der Waals surface area contributed by atoms with Crippen molar-refractivity contribution in [3.63, 3.8) is 0 Å². The predicted molar refractivity (Wildman–Crippen MR) is 123 cm³/mol. The van der Waals surface area contributed by atoms with Crippen molar-refractivity contribution in [3.05, 3.63) is 53.6 Å². The number of benzene rings is 1. The Morgan fingerprint density at radius 3 is 2.62 bits per heavy atom. The summed E-state index contributed by atoms with van der Waals surface area (Å²) in [7, 11) is 2.17. The van der Waals surface area contributed by atoms with Crippen molar-refractivity contribution < 1.29 is 13.9 Å². The summed E-state index contributed by atoms with van der Waals surface area (Å²) in [4.78, 5) is 19.0. The van der Waals surface area contributed by atoms with E-state index >= 15 is 0 Å². The van der Waals surface area contributed by atoms with Crippen molar-refractivity contribution in [2.24, 2.45) is 0 Å². The standard InChI is InChI=1S/C16H14FN5O2.C5H11N.C2H6/c17-11-1-2-13-10(7-11)8-19-14-3-5-22-15(21-14)12(9-20-22)16(23)18-4-6-24-13;1-6-4-2-3-5-6;1-2/h1-3,5,7,9H,4,6,8H2,(H,18,23)(H,19,21);2-5H2,1H3;1-2H3. The molecule has 5 rings (SSSR count). The summed E-state index contributed by atoms with van der Waals surface area (Å²) in [5.74, 6) is 0.531. The molecule has 1 fully saturated rings. The highest BCUT2D eigenvalue weighted by molar-refractivity contribution is 5.99. The predicted octanol–water partition coefficient (Wildman–Crippen LogP) is 3.34. The van der Waals surface area contributed by atoms with Crippen LogP contribution in [0, 0.1) is 5.82 Å². The van der Waals surface area contributed by atoms with Crippen LogP contribution in [0.2, 0.25) is 0 Å². The molecule has 2 N–H and O–H groups in total. The Balaban J connectivity index is 0.000000309. The summed E-state index contributed by atoms with van der Waals surface area (Å²) < 4.78 is 20.7. The Labute approximate surface area is 187 Å². The first-order chi connectivity index (χ1) is 15.6. The number of aromatic nitrogens is 3. The molecule has 0 saturated carbocycles. The minimum absolute atomic E-state index is 0.267. The molecule has 1 aromatic carbocycles. The summed E-state index contributed by atoms with van der Waals surface area (Å²) >= 11 is 0. The van der Waals surface area contributed by atoms with Crippen molar-refractivity contribution in [1.82, 2.24) is 24.8 Å². The number of hydrogen-bond acceptors (Lipinski definition) is 6. The van der Waals surface area contributed by atoms with Crippen molar-refractivity contribution in [2.45, 2.75) is 33.2 Å². The number of carbonyl (C=O) groups is 1. The summed E-state index contributed by atoms with van der Waals surface area (Å²) in [5, 5.41) is 10.0. The molecule has 0 radical (unpaired) electrons. The first-order valence-electron chi connectivity index (χ1n) is 11.1. The Morgan fingerprint density at radius 1 is 1.12 bits per heavy atom. The summed E-state index contributed by atoms with van der Waals surface area (Å²) in [5.41, 5.74) is 1.52. The van der Waals surface area contributed by atoms with Crippen LogP contribution in [0.25, 0.3) is 5.65 Å². The Bertz CT molecular complexity index is 1030. The fourth-order valence-electron chi connectivity index (χ4n) is 3.44. The zero-order valence-electron chi connectivity index (χ0n) is 18.9. The number of halogens is 1. The summed E-state index contributed by atoms with van der Waals surface area (Å²) in [6.45, 7) is 7.58. The third-order valence-electron chi connectivity index (χ3n) is 5.07. The van der Waals surface area contributed by atoms with E-state index < -0.39 is 0 Å². The molecule has 0 spiro atoms. The van der Waals surface area contributed by atoms with Crippen LogP contribution in [-0.4, -0.2) is 58.7 Å². The Morgan fingerprint density at radius 2 is 1.91 bits per heavy atom. The van der Waals surface area contributed by atoms with E-state index in [4.69, 9.17) is 4.74 Å². The van der Waals surface area contributed by atoms with Crippen LogP contribution in [0.4, 0.5) is 10.2 Å². The maximum absolute atomic E-state index is 13.5. The third-order valence-corrected chi connectivity index (χ3v) is 5.07. The van der Waals surface area contributed by atoms with E-state index in [-0.39, 0.29) is 18.3 Å². The van der Waals surface area contributed by atoms with E-state index in [2.05, 4.69) is 32.7 Å². The topological polar surface area (TPSA) is 83.8 Å². The normalized spacial score (nSPS) is 15.9. The molecule has 2 aromatic heterocycles. The van der Waals surface area contributed by atoms with Crippen LogP contribution in [0.1, 0.15) is 42.6 Å². The maximum atomic E-state index is 13.5. The van der Waals surface area contributed by atoms with Gasteiger partial charge in [-0.1, -0.05) is 13.8 Å². The van der Waals surface area contributed by atoms with Gasteiger partial charge in [-0.25, -0.2) is 13.9 Å². The fraction of sp³-hybridized carbons (Fsp3) is 0.435. The molecule has 0 unspecified atom stereocenters. The monoisotopic (exact) mass is 442 g/mol. The molecule has 2 aliphatic rings. The lowest BCUT2D eigenvalue weighted by atomic mass is 10.2. The second kappa shape index (κ2) is 11.4. The zero-order valence-corrected chi connectivity index (χ0v) is 18.9. The number of amides is 1. The number of rotatable bonds is 0. The lowest BCUT2D eigenvalue weighted by molar-refractivity contribution is 0.0948. The van der Waals surface area contributed by atoms with Crippen molar-refractivity contribution in [3.8, 4) is 5.75 Å². The van der Waals surface area contributed by atoms with Crippen molar-refractivity contribution >= 4 is 17.4 Å². The van der Waals surface area contributed by atoms with Crippen LogP contribution in [0.15, 0.2) is 36.7 Å². The molecule has 8 nitrogen and oxygen atoms in total. The minimum atomic E-state index is -0.335. The second-order valence-corrected chi connectivity index (χ2v) is 7.36. The molecule has 2 aliphatic heterocycles. The van der Waals surface area contributed by atoms with Crippen LogP contribution >= 0.6 is 0 Å². The number of fused-ring (bicyclic) bond motifs is 2. The average Bonchev–Trinajstić information content (AvgIpc) is 3.46. The molecule has 1 amide bonds. The van der Waals surface area contributed by atoms with Crippen LogP contribution in [0.5, 0.6) is 5.75 Å². The highest BCUT2D eigenvalue weighted by Gasteiger charge is 2.15. The van der Waals surface area contributed by atoms with E-state index in [9.17, 15) is 9.18 Å². The van der Waals surface area contributed by atoms with Crippen molar-refractivity contribution in [2.75, 3.05) is 38.6 Å². The van der Waals surface area contributed by atoms with Gasteiger partial charge in [0.15, 0.2) is 5.65 Å². The average molecular weight is 443 g/mol.